The lowest BCUT2D eigenvalue weighted by atomic mass is 9.92. The number of hydrogen-bond acceptors (Lipinski definition) is 17. The number of carbonyl (C=O) groups is 3. The van der Waals surface area contributed by atoms with Gasteiger partial charge in [-0.3, -0.25) is 14.4 Å². The second-order valence-corrected chi connectivity index (χ2v) is 23.5. The minimum Gasteiger partial charge on any atom is -0.367 e. The predicted octanol–water partition coefficient (Wildman–Crippen LogP) is 8.09. The number of nitrogens with zero attached hydrogens (tertiary/aromatic N) is 17. The van der Waals surface area contributed by atoms with Gasteiger partial charge in [-0.2, -0.15) is 45.2 Å². The largest absolute Gasteiger partial charge is 0.367 e. The van der Waals surface area contributed by atoms with Crippen molar-refractivity contribution in [3.05, 3.63) is 86.0 Å². The van der Waals surface area contributed by atoms with Gasteiger partial charge >= 0.3 is 0 Å². The molecule has 474 valence electrons. The van der Waals surface area contributed by atoms with Crippen LogP contribution < -0.4 is 26.2 Å². The van der Waals surface area contributed by atoms with E-state index in [2.05, 4.69) is 60.6 Å². The third-order valence-electron chi connectivity index (χ3n) is 15.1. The van der Waals surface area contributed by atoms with Crippen LogP contribution in [0, 0.1) is 41.5 Å². The first-order valence-corrected chi connectivity index (χ1v) is 30.2. The normalized spacial score (nSPS) is 17.8. The van der Waals surface area contributed by atoms with E-state index < -0.39 is 11.8 Å². The Balaban J connectivity index is 0.000000169. The third-order valence-corrected chi connectivity index (χ3v) is 15.7. The van der Waals surface area contributed by atoms with Gasteiger partial charge in [0.1, 0.15) is 32.9 Å². The zero-order valence-electron chi connectivity index (χ0n) is 50.8. The van der Waals surface area contributed by atoms with Crippen molar-refractivity contribution in [2.24, 2.45) is 5.73 Å². The highest BCUT2D eigenvalue weighted by Gasteiger charge is 2.36. The summed E-state index contributed by atoms with van der Waals surface area (Å²) in [5.41, 5.74) is 10.9. The molecule has 6 aromatic rings. The smallest absolute Gasteiger partial charge is 0.254 e. The first-order chi connectivity index (χ1) is 41.1. The number of piperazine rings is 3. The van der Waals surface area contributed by atoms with Gasteiger partial charge in [0.25, 0.3) is 17.8 Å². The molecule has 0 aromatic carbocycles. The highest BCUT2D eigenvalue weighted by Crippen LogP contribution is 2.35. The number of rotatable bonds is 7. The second-order valence-electron chi connectivity index (χ2n) is 22.3. The highest BCUT2D eigenvalue weighted by molar-refractivity contribution is 6.33. The van der Waals surface area contributed by atoms with Gasteiger partial charge in [0.2, 0.25) is 29.6 Å². The summed E-state index contributed by atoms with van der Waals surface area (Å²) in [4.78, 5) is 69.9. The maximum Gasteiger partial charge on any atom is 0.254 e. The lowest BCUT2D eigenvalue weighted by Gasteiger charge is -2.35. The standard InChI is InChI=1S/C21H29F2N7O.C15H19ClN6O.C9H8Cl2N4.C6H11F2N.C6H12N2O/c1-14-12-15(2)30(27-14)20-25-18(24-17-4-6-21(22,23)7-5-17)13-19(26-20)29-10-8-28(9-11-29)16(3)31;1-10-8-11(2)22(19-10)15-17-13(16)9-14(18-15)21-6-4-20(5-7-21)12(3)23;1-5-3-6(2)15(14-5)9-12-7(10)4-8(11)13-9;7-6(8)3-1-5(9)2-4-6;1-6(9)8-4-2-7-3-5-8/h12-13,17H,4-11H2,1-3H3,(H,24,25,26);8-9H,4-7H2,1-3H3;3-4H,1-2H3;5H,1-4,9H2;7H,2-5H2,1H3. The van der Waals surface area contributed by atoms with E-state index in [0.29, 0.717) is 104 Å². The summed E-state index contributed by atoms with van der Waals surface area (Å²) in [6.45, 7) is 25.4. The Morgan fingerprint density at radius 1 is 0.494 bits per heavy atom. The van der Waals surface area contributed by atoms with Crippen LogP contribution in [0.5, 0.6) is 0 Å². The molecule has 2 saturated carbocycles. The average Bonchev–Trinajstić information content (AvgIpc) is 2.23. The molecule has 0 radical (unpaired) electrons. The van der Waals surface area contributed by atoms with E-state index in [4.69, 9.17) is 45.5 Å². The summed E-state index contributed by atoms with van der Waals surface area (Å²) in [5.74, 6) is -1.22. The van der Waals surface area contributed by atoms with Crippen molar-refractivity contribution in [3.63, 3.8) is 0 Å². The molecule has 3 amide bonds. The van der Waals surface area contributed by atoms with E-state index in [-0.39, 0.29) is 55.5 Å². The summed E-state index contributed by atoms with van der Waals surface area (Å²) in [6, 6.07) is 10.9. The fraction of sp³-hybridized carbons (Fsp3) is 0.579. The molecule has 11 rings (SSSR count). The van der Waals surface area contributed by atoms with Crippen molar-refractivity contribution in [2.75, 3.05) is 93.7 Å². The quantitative estimate of drug-likeness (QED) is 0.101. The lowest BCUT2D eigenvalue weighted by molar-refractivity contribution is -0.130. The third kappa shape index (κ3) is 20.1. The lowest BCUT2D eigenvalue weighted by Crippen LogP contribution is -2.48. The van der Waals surface area contributed by atoms with Gasteiger partial charge in [-0.05, 0) is 85.4 Å². The molecular formula is C57H79Cl3F4N20O3. The number of aryl methyl sites for hydroxylation is 6. The summed E-state index contributed by atoms with van der Waals surface area (Å²) in [7, 11) is 0. The Hall–Kier alpha value is -6.81. The van der Waals surface area contributed by atoms with Gasteiger partial charge in [0, 0.05) is 172 Å². The molecule has 4 N–H and O–H groups in total. The molecule has 6 aromatic heterocycles. The van der Waals surface area contributed by atoms with Crippen molar-refractivity contribution in [1.82, 2.24) is 79.3 Å². The molecule has 3 aliphatic heterocycles. The number of aromatic nitrogens is 12. The van der Waals surface area contributed by atoms with Crippen LogP contribution >= 0.6 is 34.8 Å². The summed E-state index contributed by atoms with van der Waals surface area (Å²) in [5, 5.41) is 20.7. The highest BCUT2D eigenvalue weighted by atomic mass is 35.5. The number of hydrogen-bond donors (Lipinski definition) is 3. The van der Waals surface area contributed by atoms with Crippen molar-refractivity contribution in [1.29, 1.82) is 0 Å². The molecule has 0 bridgehead atoms. The molecule has 3 saturated heterocycles. The van der Waals surface area contributed by atoms with Crippen molar-refractivity contribution in [3.8, 4) is 17.8 Å². The van der Waals surface area contributed by atoms with Gasteiger partial charge in [0.05, 0.1) is 17.1 Å². The SMILES string of the molecule is CC(=O)N1CCN(c2cc(Cl)nc(-n3nc(C)cc3C)n2)CC1.CC(=O)N1CCN(c2cc(NC3CCC(F)(F)CC3)nc(-n3nc(C)cc3C)n2)CC1.CC(=O)N1CCNCC1.Cc1cc(C)n(-c2nc(Cl)cc(Cl)n2)n1.NC1CCC(F)(F)CC1. The molecule has 9 heterocycles. The molecule has 30 heteroatoms. The summed E-state index contributed by atoms with van der Waals surface area (Å²) >= 11 is 17.7. The van der Waals surface area contributed by atoms with Crippen LogP contribution in [-0.4, -0.2) is 194 Å². The zero-order valence-corrected chi connectivity index (χ0v) is 53.1. The van der Waals surface area contributed by atoms with E-state index >= 15 is 0 Å². The predicted molar refractivity (Wildman–Crippen MR) is 327 cm³/mol. The molecule has 5 aliphatic rings. The maximum atomic E-state index is 13.5. The van der Waals surface area contributed by atoms with E-state index in [1.807, 2.05) is 80.5 Å². The van der Waals surface area contributed by atoms with Crippen LogP contribution in [0.4, 0.5) is 35.0 Å². The molecule has 2 aliphatic carbocycles. The van der Waals surface area contributed by atoms with Crippen molar-refractivity contribution < 1.29 is 31.9 Å². The van der Waals surface area contributed by atoms with Gasteiger partial charge in [0.15, 0.2) is 0 Å². The summed E-state index contributed by atoms with van der Waals surface area (Å²) < 4.78 is 56.7. The molecular weight excluding hydrogens is 1200 g/mol. The minimum absolute atomic E-state index is 0.0182. The van der Waals surface area contributed by atoms with Crippen LogP contribution in [0.2, 0.25) is 15.5 Å². The zero-order chi connectivity index (χ0) is 63.3. The van der Waals surface area contributed by atoms with Crippen LogP contribution in [0.1, 0.15) is 106 Å². The first-order valence-electron chi connectivity index (χ1n) is 29.1. The Bertz CT molecular complexity index is 3250. The monoisotopic (exact) mass is 1270 g/mol. The van der Waals surface area contributed by atoms with E-state index in [9.17, 15) is 31.9 Å². The fourth-order valence-corrected chi connectivity index (χ4v) is 10.9. The Labute approximate surface area is 519 Å². The Morgan fingerprint density at radius 3 is 1.20 bits per heavy atom. The van der Waals surface area contributed by atoms with Crippen LogP contribution in [0.3, 0.4) is 0 Å². The van der Waals surface area contributed by atoms with Gasteiger partial charge < -0.3 is 40.9 Å². The number of halogens is 7. The Kier molecular flexibility index (Phi) is 23.7. The Morgan fingerprint density at radius 2 is 0.839 bits per heavy atom. The molecule has 0 spiro atoms. The number of anilines is 3. The molecule has 5 fully saturated rings. The molecule has 23 nitrogen and oxygen atoms in total. The molecule has 0 unspecified atom stereocenters. The number of amides is 3. The van der Waals surface area contributed by atoms with Gasteiger partial charge in [-0.25, -0.2) is 31.6 Å². The van der Waals surface area contributed by atoms with E-state index in [1.165, 1.54) is 6.07 Å². The van der Waals surface area contributed by atoms with Crippen molar-refractivity contribution >= 4 is 70.0 Å². The van der Waals surface area contributed by atoms with Crippen LogP contribution in [0.15, 0.2) is 36.4 Å². The van der Waals surface area contributed by atoms with Crippen LogP contribution in [0.25, 0.3) is 17.8 Å². The van der Waals surface area contributed by atoms with Gasteiger partial charge in [-0.15, -0.1) is 0 Å². The molecule has 87 heavy (non-hydrogen) atoms. The van der Waals surface area contributed by atoms with E-state index in [1.54, 1.807) is 40.9 Å². The number of nitrogens with two attached hydrogens (primary N) is 1. The average molecular weight is 1270 g/mol. The number of nitrogens with one attached hydrogen (secondary N) is 2. The number of alkyl halides is 4. The van der Waals surface area contributed by atoms with E-state index in [0.717, 1.165) is 85.1 Å². The minimum atomic E-state index is -2.57. The van der Waals surface area contributed by atoms with Crippen molar-refractivity contribution in [2.45, 2.75) is 138 Å². The second kappa shape index (κ2) is 30.4. The van der Waals surface area contributed by atoms with Crippen LogP contribution in [-0.2, 0) is 14.4 Å². The topological polar surface area (TPSA) is 248 Å². The summed E-state index contributed by atoms with van der Waals surface area (Å²) in [6.07, 6.45) is 1.50. The number of carbonyl (C=O) groups excluding carboxylic acids is 3. The fourth-order valence-electron chi connectivity index (χ4n) is 10.3. The molecule has 0 atom stereocenters. The maximum absolute atomic E-state index is 13.5. The van der Waals surface area contributed by atoms with Gasteiger partial charge in [-0.1, -0.05) is 34.8 Å². The first kappa shape index (κ1) is 67.7.